The molecule has 0 aliphatic carbocycles. The Morgan fingerprint density at radius 3 is 2.80 bits per heavy atom. The molecular weight excluding hydrogens is 192 g/mol. The summed E-state index contributed by atoms with van der Waals surface area (Å²) in [6.07, 6.45) is 2.67. The van der Waals surface area contributed by atoms with Gasteiger partial charge in [0.05, 0.1) is 11.5 Å². The summed E-state index contributed by atoms with van der Waals surface area (Å²) in [7, 11) is 0. The van der Waals surface area contributed by atoms with Crippen LogP contribution in [0.25, 0.3) is 0 Å². The van der Waals surface area contributed by atoms with E-state index in [9.17, 15) is 9.90 Å². The lowest BCUT2D eigenvalue weighted by molar-refractivity contribution is -0.154. The van der Waals surface area contributed by atoms with Crippen LogP contribution in [0.2, 0.25) is 0 Å². The van der Waals surface area contributed by atoms with E-state index >= 15 is 0 Å². The molecule has 1 atom stereocenters. The van der Waals surface area contributed by atoms with Crippen LogP contribution in [0.15, 0.2) is 0 Å². The lowest BCUT2D eigenvalue weighted by atomic mass is 9.76. The zero-order chi connectivity index (χ0) is 10.9. The molecule has 0 saturated carbocycles. The second kappa shape index (κ2) is 4.10. The smallest absolute Gasteiger partial charge is 0.230 e. The number of hydrogen-bond donors (Lipinski definition) is 2. The summed E-state index contributed by atoms with van der Waals surface area (Å²) in [6, 6.07) is 0. The molecular formula is C11H20N2O2. The number of aliphatic hydroxyl groups is 1. The number of nitrogens with zero attached hydrogens (tertiary/aromatic N) is 1. The molecule has 86 valence electrons. The summed E-state index contributed by atoms with van der Waals surface area (Å²) in [5.41, 5.74) is -0.196. The second-order valence-corrected chi connectivity index (χ2v) is 4.78. The first kappa shape index (κ1) is 10.9. The molecule has 0 aromatic carbocycles. The van der Waals surface area contributed by atoms with Crippen LogP contribution in [0.4, 0.5) is 0 Å². The summed E-state index contributed by atoms with van der Waals surface area (Å²) in [5, 5.41) is 12.5. The summed E-state index contributed by atoms with van der Waals surface area (Å²) in [4.78, 5) is 14.0. The van der Waals surface area contributed by atoms with Crippen LogP contribution in [0.5, 0.6) is 0 Å². The van der Waals surface area contributed by atoms with Gasteiger partial charge in [-0.2, -0.15) is 0 Å². The van der Waals surface area contributed by atoms with Gasteiger partial charge in [0.1, 0.15) is 0 Å². The second-order valence-electron chi connectivity index (χ2n) is 4.78. The normalized spacial score (nSPS) is 32.5. The van der Waals surface area contributed by atoms with Crippen LogP contribution >= 0.6 is 0 Å². The van der Waals surface area contributed by atoms with E-state index in [2.05, 4.69) is 12.2 Å². The van der Waals surface area contributed by atoms with Gasteiger partial charge in [-0.05, 0) is 25.8 Å². The van der Waals surface area contributed by atoms with Crippen molar-refractivity contribution in [2.24, 2.45) is 5.41 Å². The third-order valence-corrected chi connectivity index (χ3v) is 3.75. The fourth-order valence-corrected chi connectivity index (χ4v) is 2.56. The molecule has 2 aliphatic heterocycles. The number of hydrogen-bond acceptors (Lipinski definition) is 3. The van der Waals surface area contributed by atoms with E-state index in [1.54, 1.807) is 4.90 Å². The SMILES string of the molecule is CCC1(C(=O)N2CC(O)C2)CCCNC1. The van der Waals surface area contributed by atoms with Gasteiger partial charge in [-0.1, -0.05) is 6.92 Å². The van der Waals surface area contributed by atoms with Crippen LogP contribution in [0.3, 0.4) is 0 Å². The molecule has 0 radical (unpaired) electrons. The first-order valence-electron chi connectivity index (χ1n) is 5.86. The fourth-order valence-electron chi connectivity index (χ4n) is 2.56. The van der Waals surface area contributed by atoms with Gasteiger partial charge in [0, 0.05) is 19.6 Å². The highest BCUT2D eigenvalue weighted by molar-refractivity contribution is 5.84. The van der Waals surface area contributed by atoms with Crippen LogP contribution < -0.4 is 5.32 Å². The van der Waals surface area contributed by atoms with E-state index in [4.69, 9.17) is 0 Å². The Bertz CT molecular complexity index is 243. The number of piperidine rings is 1. The van der Waals surface area contributed by atoms with Gasteiger partial charge in [-0.15, -0.1) is 0 Å². The van der Waals surface area contributed by atoms with Gasteiger partial charge < -0.3 is 15.3 Å². The molecule has 0 aromatic heterocycles. The zero-order valence-electron chi connectivity index (χ0n) is 9.33. The van der Waals surface area contributed by atoms with Crippen LogP contribution in [0, 0.1) is 5.41 Å². The van der Waals surface area contributed by atoms with E-state index in [0.29, 0.717) is 13.1 Å². The Balaban J connectivity index is 2.01. The minimum atomic E-state index is -0.292. The third-order valence-electron chi connectivity index (χ3n) is 3.75. The fraction of sp³-hybridized carbons (Fsp3) is 0.909. The molecule has 2 fully saturated rings. The lowest BCUT2D eigenvalue weighted by Gasteiger charge is -2.44. The van der Waals surface area contributed by atoms with Crippen molar-refractivity contribution in [2.45, 2.75) is 32.3 Å². The van der Waals surface area contributed by atoms with E-state index in [1.807, 2.05) is 0 Å². The zero-order valence-corrected chi connectivity index (χ0v) is 9.33. The average molecular weight is 212 g/mol. The molecule has 15 heavy (non-hydrogen) atoms. The van der Waals surface area contributed by atoms with Crippen molar-refractivity contribution in [1.29, 1.82) is 0 Å². The number of rotatable bonds is 2. The number of carbonyl (C=O) groups excluding carboxylic acids is 1. The van der Waals surface area contributed by atoms with Gasteiger partial charge in [0.2, 0.25) is 5.91 Å². The largest absolute Gasteiger partial charge is 0.389 e. The molecule has 2 saturated heterocycles. The van der Waals surface area contributed by atoms with Crippen molar-refractivity contribution in [1.82, 2.24) is 10.2 Å². The van der Waals surface area contributed by atoms with E-state index in [-0.39, 0.29) is 17.4 Å². The minimum Gasteiger partial charge on any atom is -0.389 e. The van der Waals surface area contributed by atoms with Crippen molar-refractivity contribution in [3.8, 4) is 0 Å². The number of carbonyl (C=O) groups is 1. The first-order valence-corrected chi connectivity index (χ1v) is 5.86. The molecule has 0 bridgehead atoms. The summed E-state index contributed by atoms with van der Waals surface area (Å²) >= 11 is 0. The highest BCUT2D eigenvalue weighted by Crippen LogP contribution is 2.33. The predicted molar refractivity (Wildman–Crippen MR) is 57.4 cm³/mol. The minimum absolute atomic E-state index is 0.196. The van der Waals surface area contributed by atoms with Crippen molar-refractivity contribution in [2.75, 3.05) is 26.2 Å². The molecule has 2 rings (SSSR count). The van der Waals surface area contributed by atoms with Crippen LogP contribution in [-0.4, -0.2) is 48.2 Å². The highest BCUT2D eigenvalue weighted by Gasteiger charge is 2.43. The van der Waals surface area contributed by atoms with Gasteiger partial charge in [-0.25, -0.2) is 0 Å². The standard InChI is InChI=1S/C11H20N2O2/c1-2-11(4-3-5-12-8-11)10(15)13-6-9(14)7-13/h9,12,14H,2-8H2,1H3. The van der Waals surface area contributed by atoms with Gasteiger partial charge >= 0.3 is 0 Å². The Morgan fingerprint density at radius 1 is 1.60 bits per heavy atom. The topological polar surface area (TPSA) is 52.6 Å². The van der Waals surface area contributed by atoms with Crippen LogP contribution in [0.1, 0.15) is 26.2 Å². The summed E-state index contributed by atoms with van der Waals surface area (Å²) in [5.74, 6) is 0.238. The molecule has 0 spiro atoms. The predicted octanol–water partition coefficient (Wildman–Crippen LogP) is -0.0307. The van der Waals surface area contributed by atoms with Crippen molar-refractivity contribution in [3.63, 3.8) is 0 Å². The molecule has 4 nitrogen and oxygen atoms in total. The van der Waals surface area contributed by atoms with Gasteiger partial charge in [0.15, 0.2) is 0 Å². The van der Waals surface area contributed by atoms with Crippen molar-refractivity contribution >= 4 is 5.91 Å². The van der Waals surface area contributed by atoms with Gasteiger partial charge in [0.25, 0.3) is 0 Å². The Kier molecular flexibility index (Phi) is 2.98. The molecule has 2 heterocycles. The summed E-state index contributed by atoms with van der Waals surface area (Å²) in [6.45, 7) is 4.97. The van der Waals surface area contributed by atoms with E-state index in [1.165, 1.54) is 0 Å². The van der Waals surface area contributed by atoms with Crippen LogP contribution in [-0.2, 0) is 4.79 Å². The number of aliphatic hydroxyl groups excluding tert-OH is 1. The summed E-state index contributed by atoms with van der Waals surface area (Å²) < 4.78 is 0. The van der Waals surface area contributed by atoms with E-state index in [0.717, 1.165) is 32.4 Å². The number of amides is 1. The Morgan fingerprint density at radius 2 is 2.33 bits per heavy atom. The molecule has 1 unspecified atom stereocenters. The first-order chi connectivity index (χ1) is 7.18. The maximum absolute atomic E-state index is 12.3. The van der Waals surface area contributed by atoms with Crippen molar-refractivity contribution in [3.05, 3.63) is 0 Å². The Hall–Kier alpha value is -0.610. The molecule has 0 aromatic rings. The lowest BCUT2D eigenvalue weighted by Crippen LogP contribution is -2.60. The van der Waals surface area contributed by atoms with Gasteiger partial charge in [-0.3, -0.25) is 4.79 Å². The Labute approximate surface area is 90.6 Å². The highest BCUT2D eigenvalue weighted by atomic mass is 16.3. The maximum atomic E-state index is 12.3. The quantitative estimate of drug-likeness (QED) is 0.676. The van der Waals surface area contributed by atoms with E-state index < -0.39 is 0 Å². The maximum Gasteiger partial charge on any atom is 0.230 e. The number of likely N-dealkylation sites (tertiary alicyclic amines) is 1. The van der Waals surface area contributed by atoms with Crippen molar-refractivity contribution < 1.29 is 9.90 Å². The number of nitrogens with one attached hydrogen (secondary N) is 1. The molecule has 2 N–H and O–H groups in total. The number of β-amino-alcohol motifs (C(OH)–C–C–N with tert-alkyl or cyclic N) is 1. The molecule has 1 amide bonds. The monoisotopic (exact) mass is 212 g/mol. The third kappa shape index (κ3) is 1.88. The molecule has 4 heteroatoms. The average Bonchev–Trinajstić information content (AvgIpc) is 2.25. The molecule has 2 aliphatic rings.